The number of benzene rings is 1. The zero-order valence-corrected chi connectivity index (χ0v) is 12.6. The minimum absolute atomic E-state index is 0.000300. The van der Waals surface area contributed by atoms with E-state index in [9.17, 15) is 4.79 Å². The molecular weight excluding hydrogens is 262 g/mol. The summed E-state index contributed by atoms with van der Waals surface area (Å²) in [5.41, 5.74) is 3.95. The average Bonchev–Trinajstić information content (AvgIpc) is 2.76. The molecule has 2 heterocycles. The summed E-state index contributed by atoms with van der Waals surface area (Å²) < 4.78 is 6.35. The lowest BCUT2D eigenvalue weighted by molar-refractivity contribution is -0.110. The van der Waals surface area contributed by atoms with Crippen LogP contribution in [0.1, 0.15) is 29.5 Å². The molecule has 0 fully saturated rings. The summed E-state index contributed by atoms with van der Waals surface area (Å²) >= 11 is 0. The topological polar surface area (TPSA) is 29.5 Å². The summed E-state index contributed by atoms with van der Waals surface area (Å²) in [7, 11) is 2.18. The molecule has 0 saturated carbocycles. The van der Waals surface area contributed by atoms with Crippen LogP contribution < -0.4 is 4.74 Å². The third kappa shape index (κ3) is 1.73. The van der Waals surface area contributed by atoms with E-state index in [0.29, 0.717) is 0 Å². The van der Waals surface area contributed by atoms with Crippen molar-refractivity contribution in [2.45, 2.75) is 37.8 Å². The van der Waals surface area contributed by atoms with Crippen LogP contribution in [0.15, 0.2) is 24.3 Å². The highest BCUT2D eigenvalue weighted by Gasteiger charge is 2.51. The molecule has 0 bridgehead atoms. The van der Waals surface area contributed by atoms with E-state index in [4.69, 9.17) is 4.74 Å². The second-order valence-electron chi connectivity index (χ2n) is 6.78. The number of aldehydes is 1. The SMILES string of the molecule is Cc1ccc2c3c1O[C@H]1C[C@H](C=O)C=C[C@@]31CCN(C)C2. The van der Waals surface area contributed by atoms with Gasteiger partial charge in [-0.1, -0.05) is 24.3 Å². The fourth-order valence-corrected chi connectivity index (χ4v) is 4.22. The van der Waals surface area contributed by atoms with Crippen molar-refractivity contribution < 1.29 is 9.53 Å². The van der Waals surface area contributed by atoms with E-state index >= 15 is 0 Å². The predicted molar refractivity (Wildman–Crippen MR) is 81.5 cm³/mol. The molecule has 1 aromatic carbocycles. The van der Waals surface area contributed by atoms with Crippen LogP contribution in [-0.2, 0) is 16.8 Å². The van der Waals surface area contributed by atoms with Crippen molar-refractivity contribution in [1.29, 1.82) is 0 Å². The van der Waals surface area contributed by atoms with E-state index in [2.05, 4.69) is 43.2 Å². The third-order valence-electron chi connectivity index (χ3n) is 5.39. The van der Waals surface area contributed by atoms with Gasteiger partial charge in [-0.3, -0.25) is 0 Å². The Labute approximate surface area is 125 Å². The molecule has 0 saturated heterocycles. The second kappa shape index (κ2) is 4.44. The van der Waals surface area contributed by atoms with E-state index in [-0.39, 0.29) is 17.4 Å². The van der Waals surface area contributed by atoms with Crippen LogP contribution in [0.25, 0.3) is 0 Å². The molecule has 3 nitrogen and oxygen atoms in total. The van der Waals surface area contributed by atoms with Gasteiger partial charge in [-0.2, -0.15) is 0 Å². The number of carbonyl (C=O) groups excluding carboxylic acids is 1. The van der Waals surface area contributed by atoms with Gasteiger partial charge < -0.3 is 14.4 Å². The lowest BCUT2D eigenvalue weighted by atomic mass is 9.67. The Bertz CT molecular complexity index is 636. The van der Waals surface area contributed by atoms with Crippen LogP contribution in [0, 0.1) is 12.8 Å². The molecule has 0 aromatic heterocycles. The van der Waals surface area contributed by atoms with Crippen LogP contribution in [0.5, 0.6) is 5.75 Å². The fraction of sp³-hybridized carbons (Fsp3) is 0.500. The normalized spacial score (nSPS) is 33.8. The number of carbonyl (C=O) groups is 1. The Morgan fingerprint density at radius 3 is 3.10 bits per heavy atom. The highest BCUT2D eigenvalue weighted by molar-refractivity contribution is 5.62. The summed E-state index contributed by atoms with van der Waals surface area (Å²) in [5.74, 6) is 1.07. The zero-order valence-electron chi connectivity index (χ0n) is 12.6. The average molecular weight is 283 g/mol. The van der Waals surface area contributed by atoms with Crippen LogP contribution in [0.4, 0.5) is 0 Å². The number of allylic oxidation sites excluding steroid dienone is 1. The molecule has 0 amide bonds. The summed E-state index contributed by atoms with van der Waals surface area (Å²) in [6.45, 7) is 4.16. The van der Waals surface area contributed by atoms with Gasteiger partial charge in [-0.15, -0.1) is 0 Å². The number of hydrogen-bond acceptors (Lipinski definition) is 3. The molecule has 110 valence electrons. The van der Waals surface area contributed by atoms with Gasteiger partial charge in [0.2, 0.25) is 0 Å². The first kappa shape index (κ1) is 13.1. The number of nitrogens with zero attached hydrogens (tertiary/aromatic N) is 1. The van der Waals surface area contributed by atoms with Crippen molar-refractivity contribution in [2.24, 2.45) is 5.92 Å². The van der Waals surface area contributed by atoms with Gasteiger partial charge in [0.1, 0.15) is 18.1 Å². The van der Waals surface area contributed by atoms with Crippen molar-refractivity contribution in [1.82, 2.24) is 4.90 Å². The standard InChI is InChI=1S/C18H21NO2/c1-12-3-4-14-10-19(2)8-7-18-6-5-13(11-20)9-15(18)21-17(12)16(14)18/h3-6,11,13,15H,7-10H2,1-2H3/t13-,15+,18+/m1/s1. The van der Waals surface area contributed by atoms with Gasteiger partial charge in [-0.25, -0.2) is 0 Å². The molecule has 1 aromatic rings. The molecule has 1 spiro atoms. The summed E-state index contributed by atoms with van der Waals surface area (Å²) in [6.07, 6.45) is 7.40. The van der Waals surface area contributed by atoms with Crippen LogP contribution in [0.3, 0.4) is 0 Å². The summed E-state index contributed by atoms with van der Waals surface area (Å²) in [6, 6.07) is 4.42. The molecule has 3 aliphatic rings. The highest BCUT2D eigenvalue weighted by Crippen LogP contribution is 2.54. The van der Waals surface area contributed by atoms with E-state index in [1.807, 2.05) is 0 Å². The van der Waals surface area contributed by atoms with Crippen LogP contribution in [-0.4, -0.2) is 30.9 Å². The summed E-state index contributed by atoms with van der Waals surface area (Å²) in [5, 5.41) is 0. The van der Waals surface area contributed by atoms with Gasteiger partial charge in [0.25, 0.3) is 0 Å². The quantitative estimate of drug-likeness (QED) is 0.586. The second-order valence-corrected chi connectivity index (χ2v) is 6.78. The van der Waals surface area contributed by atoms with Gasteiger partial charge in [0, 0.05) is 18.0 Å². The molecule has 0 radical (unpaired) electrons. The molecule has 3 heteroatoms. The van der Waals surface area contributed by atoms with Crippen molar-refractivity contribution in [3.8, 4) is 5.75 Å². The Morgan fingerprint density at radius 2 is 2.29 bits per heavy atom. The Kier molecular flexibility index (Phi) is 2.77. The monoisotopic (exact) mass is 283 g/mol. The predicted octanol–water partition coefficient (Wildman–Crippen LogP) is 2.60. The molecule has 4 rings (SSSR count). The van der Waals surface area contributed by atoms with E-state index < -0.39 is 0 Å². The number of aryl methyl sites for hydroxylation is 1. The number of hydrogen-bond donors (Lipinski definition) is 0. The van der Waals surface area contributed by atoms with Crippen molar-refractivity contribution in [2.75, 3.05) is 13.6 Å². The molecule has 21 heavy (non-hydrogen) atoms. The van der Waals surface area contributed by atoms with Gasteiger partial charge in [-0.05, 0) is 44.5 Å². The Balaban J connectivity index is 1.93. The van der Waals surface area contributed by atoms with Crippen molar-refractivity contribution >= 4 is 6.29 Å². The van der Waals surface area contributed by atoms with E-state index in [1.54, 1.807) is 0 Å². The van der Waals surface area contributed by atoms with Gasteiger partial charge >= 0.3 is 0 Å². The third-order valence-corrected chi connectivity index (χ3v) is 5.39. The Morgan fingerprint density at radius 1 is 1.43 bits per heavy atom. The fourth-order valence-electron chi connectivity index (χ4n) is 4.22. The van der Waals surface area contributed by atoms with Crippen molar-refractivity contribution in [3.63, 3.8) is 0 Å². The number of rotatable bonds is 1. The van der Waals surface area contributed by atoms with E-state index in [1.165, 1.54) is 16.7 Å². The lowest BCUT2D eigenvalue weighted by Crippen LogP contribution is -2.41. The van der Waals surface area contributed by atoms with Crippen LogP contribution in [0.2, 0.25) is 0 Å². The minimum Gasteiger partial charge on any atom is -0.489 e. The molecule has 1 aliphatic carbocycles. The smallest absolute Gasteiger partial charge is 0.127 e. The van der Waals surface area contributed by atoms with Crippen LogP contribution >= 0.6 is 0 Å². The Hall–Kier alpha value is -1.61. The van der Waals surface area contributed by atoms with Gasteiger partial charge in [0.15, 0.2) is 0 Å². The first-order valence-corrected chi connectivity index (χ1v) is 7.77. The first-order valence-electron chi connectivity index (χ1n) is 7.77. The van der Waals surface area contributed by atoms with Gasteiger partial charge in [0.05, 0.1) is 5.41 Å². The lowest BCUT2D eigenvalue weighted by Gasteiger charge is -2.35. The first-order chi connectivity index (χ1) is 10.1. The molecule has 2 aliphatic heterocycles. The number of ether oxygens (including phenoxy) is 1. The maximum absolute atomic E-state index is 11.2. The zero-order chi connectivity index (χ0) is 14.6. The largest absolute Gasteiger partial charge is 0.489 e. The molecule has 0 unspecified atom stereocenters. The van der Waals surface area contributed by atoms with Crippen molar-refractivity contribution in [3.05, 3.63) is 41.0 Å². The van der Waals surface area contributed by atoms with E-state index in [0.717, 1.165) is 38.0 Å². The summed E-state index contributed by atoms with van der Waals surface area (Å²) in [4.78, 5) is 13.6. The molecular formula is C18H21NO2. The molecule has 3 atom stereocenters. The highest BCUT2D eigenvalue weighted by atomic mass is 16.5. The minimum atomic E-state index is -0.0268. The maximum Gasteiger partial charge on any atom is 0.127 e. The maximum atomic E-state index is 11.2. The molecule has 0 N–H and O–H groups in total.